The van der Waals surface area contributed by atoms with Gasteiger partial charge in [-0.25, -0.2) is 0 Å². The quantitative estimate of drug-likeness (QED) is 0.301. The fraction of sp³-hybridized carbons (Fsp3) is 0.833. The third kappa shape index (κ3) is 6.30. The topological polar surface area (TPSA) is 44.8 Å². The van der Waals surface area contributed by atoms with Crippen LogP contribution in [0.5, 0.6) is 0 Å². The van der Waals surface area contributed by atoms with Crippen LogP contribution >= 0.6 is 0 Å². The SMILES string of the molecule is CC(C)(C)C(=O)OCCCC/C=C/CB1OC(C)(C)C(C)(C)O1. The molecule has 0 aromatic carbocycles. The highest BCUT2D eigenvalue weighted by Gasteiger charge is 2.50. The highest BCUT2D eigenvalue weighted by molar-refractivity contribution is 6.46. The van der Waals surface area contributed by atoms with Gasteiger partial charge in [-0.2, -0.15) is 0 Å². The van der Waals surface area contributed by atoms with Crippen LogP contribution in [0, 0.1) is 5.41 Å². The van der Waals surface area contributed by atoms with Crippen LogP contribution < -0.4 is 0 Å². The van der Waals surface area contributed by atoms with Crippen LogP contribution in [-0.2, 0) is 18.8 Å². The van der Waals surface area contributed by atoms with Crippen molar-refractivity contribution in [2.45, 2.75) is 85.3 Å². The summed E-state index contributed by atoms with van der Waals surface area (Å²) in [4.78, 5) is 11.6. The first-order chi connectivity index (χ1) is 10.5. The molecule has 1 saturated heterocycles. The van der Waals surface area contributed by atoms with Crippen molar-refractivity contribution in [1.29, 1.82) is 0 Å². The molecule has 1 rings (SSSR count). The van der Waals surface area contributed by atoms with Gasteiger partial charge in [0.1, 0.15) is 0 Å². The van der Waals surface area contributed by atoms with Gasteiger partial charge in [0.25, 0.3) is 0 Å². The van der Waals surface area contributed by atoms with Crippen molar-refractivity contribution in [3.05, 3.63) is 12.2 Å². The van der Waals surface area contributed by atoms with Gasteiger partial charge in [-0.3, -0.25) is 4.79 Å². The maximum absolute atomic E-state index is 11.6. The Morgan fingerprint density at radius 3 is 2.13 bits per heavy atom. The molecule has 23 heavy (non-hydrogen) atoms. The number of hydrogen-bond acceptors (Lipinski definition) is 4. The van der Waals surface area contributed by atoms with Crippen LogP contribution in [0.25, 0.3) is 0 Å². The molecule has 0 N–H and O–H groups in total. The van der Waals surface area contributed by atoms with Crippen molar-refractivity contribution in [3.8, 4) is 0 Å². The van der Waals surface area contributed by atoms with Crippen LogP contribution in [-0.4, -0.2) is 30.9 Å². The van der Waals surface area contributed by atoms with Crippen LogP contribution in [0.2, 0.25) is 6.32 Å². The van der Waals surface area contributed by atoms with E-state index < -0.39 is 5.41 Å². The molecule has 1 fully saturated rings. The van der Waals surface area contributed by atoms with E-state index in [1.807, 2.05) is 20.8 Å². The summed E-state index contributed by atoms with van der Waals surface area (Å²) in [5, 5.41) is 0. The zero-order valence-corrected chi connectivity index (χ0v) is 15.9. The zero-order chi connectivity index (χ0) is 17.7. The van der Waals surface area contributed by atoms with Gasteiger partial charge in [0.2, 0.25) is 0 Å². The molecule has 1 aliphatic heterocycles. The molecule has 0 aliphatic carbocycles. The molecule has 132 valence electrons. The summed E-state index contributed by atoms with van der Waals surface area (Å²) in [6.45, 7) is 14.4. The maximum Gasteiger partial charge on any atom is 0.461 e. The monoisotopic (exact) mass is 324 g/mol. The zero-order valence-electron chi connectivity index (χ0n) is 15.9. The predicted octanol–water partition coefficient (Wildman–Crippen LogP) is 4.39. The lowest BCUT2D eigenvalue weighted by atomic mass is 9.85. The molecule has 0 bridgehead atoms. The van der Waals surface area contributed by atoms with Crippen molar-refractivity contribution < 1.29 is 18.8 Å². The van der Waals surface area contributed by atoms with Crippen molar-refractivity contribution in [2.24, 2.45) is 5.41 Å². The van der Waals surface area contributed by atoms with Gasteiger partial charge in [0, 0.05) is 6.32 Å². The lowest BCUT2D eigenvalue weighted by Crippen LogP contribution is -2.41. The van der Waals surface area contributed by atoms with E-state index in [2.05, 4.69) is 39.8 Å². The lowest BCUT2D eigenvalue weighted by Gasteiger charge is -2.32. The molecular formula is C18H33BO4. The van der Waals surface area contributed by atoms with Crippen molar-refractivity contribution in [1.82, 2.24) is 0 Å². The van der Waals surface area contributed by atoms with E-state index in [1.165, 1.54) is 0 Å². The summed E-state index contributed by atoms with van der Waals surface area (Å²) in [7, 11) is -0.163. The number of ether oxygens (including phenoxy) is 1. The number of allylic oxidation sites excluding steroid dienone is 2. The lowest BCUT2D eigenvalue weighted by molar-refractivity contribution is -0.153. The Morgan fingerprint density at radius 1 is 1.04 bits per heavy atom. The highest BCUT2D eigenvalue weighted by atomic mass is 16.7. The third-order valence-electron chi connectivity index (χ3n) is 4.41. The second-order valence-electron chi connectivity index (χ2n) is 8.27. The highest BCUT2D eigenvalue weighted by Crippen LogP contribution is 2.37. The summed E-state index contributed by atoms with van der Waals surface area (Å²) in [6.07, 6.45) is 7.91. The third-order valence-corrected chi connectivity index (χ3v) is 4.41. The average Bonchev–Trinajstić information content (AvgIpc) is 2.59. The molecule has 4 nitrogen and oxygen atoms in total. The average molecular weight is 324 g/mol. The van der Waals surface area contributed by atoms with Crippen molar-refractivity contribution >= 4 is 13.1 Å². The van der Waals surface area contributed by atoms with Crippen LogP contribution in [0.3, 0.4) is 0 Å². The Morgan fingerprint density at radius 2 is 1.61 bits per heavy atom. The van der Waals surface area contributed by atoms with E-state index >= 15 is 0 Å². The molecule has 1 heterocycles. The fourth-order valence-electron chi connectivity index (χ4n) is 2.13. The summed E-state index contributed by atoms with van der Waals surface area (Å²) < 4.78 is 17.1. The Labute approximate surface area is 142 Å². The Balaban J connectivity index is 2.11. The molecule has 0 saturated carbocycles. The van der Waals surface area contributed by atoms with Crippen LogP contribution in [0.15, 0.2) is 12.2 Å². The Hall–Kier alpha value is -0.805. The van der Waals surface area contributed by atoms with Crippen molar-refractivity contribution in [3.63, 3.8) is 0 Å². The molecular weight excluding hydrogens is 291 g/mol. The standard InChI is InChI=1S/C18H33BO4/c1-16(2,3)15(20)21-14-12-10-8-9-11-13-19-22-17(4,5)18(6,7)23-19/h9,11H,8,10,12-14H2,1-7H3/b11-9+. The molecule has 0 unspecified atom stereocenters. The number of esters is 1. The maximum atomic E-state index is 11.6. The smallest absolute Gasteiger partial charge is 0.461 e. The van der Waals surface area contributed by atoms with Crippen molar-refractivity contribution in [2.75, 3.05) is 6.61 Å². The van der Waals surface area contributed by atoms with E-state index in [1.54, 1.807) is 0 Å². The first kappa shape index (κ1) is 20.2. The van der Waals surface area contributed by atoms with E-state index in [4.69, 9.17) is 14.0 Å². The fourth-order valence-corrected chi connectivity index (χ4v) is 2.13. The minimum atomic E-state index is -0.414. The number of rotatable bonds is 7. The second-order valence-corrected chi connectivity index (χ2v) is 8.27. The molecule has 0 aromatic rings. The molecule has 5 heteroatoms. The second kappa shape index (κ2) is 7.84. The first-order valence-corrected chi connectivity index (χ1v) is 8.63. The Kier molecular flexibility index (Phi) is 6.90. The Bertz CT molecular complexity index is 405. The van der Waals surface area contributed by atoms with Gasteiger partial charge in [-0.1, -0.05) is 12.2 Å². The first-order valence-electron chi connectivity index (χ1n) is 8.63. The molecule has 0 spiro atoms. The summed E-state index contributed by atoms with van der Waals surface area (Å²) in [6, 6.07) is 0. The van der Waals surface area contributed by atoms with E-state index in [9.17, 15) is 4.79 Å². The van der Waals surface area contributed by atoms with Crippen LogP contribution in [0.1, 0.15) is 67.7 Å². The molecule has 0 atom stereocenters. The van der Waals surface area contributed by atoms with E-state index in [0.717, 1.165) is 25.6 Å². The molecule has 0 radical (unpaired) electrons. The van der Waals surface area contributed by atoms with Crippen LogP contribution in [0.4, 0.5) is 0 Å². The van der Waals surface area contributed by atoms with Gasteiger partial charge in [-0.05, 0) is 67.7 Å². The molecule has 1 aliphatic rings. The van der Waals surface area contributed by atoms with E-state index in [0.29, 0.717) is 6.61 Å². The predicted molar refractivity (Wildman–Crippen MR) is 94.3 cm³/mol. The minimum absolute atomic E-state index is 0.131. The van der Waals surface area contributed by atoms with Gasteiger partial charge in [0.05, 0.1) is 23.2 Å². The largest absolute Gasteiger partial charge is 0.465 e. The van der Waals surface area contributed by atoms with Gasteiger partial charge < -0.3 is 14.0 Å². The number of unbranched alkanes of at least 4 members (excludes halogenated alkanes) is 2. The van der Waals surface area contributed by atoms with Gasteiger partial charge in [0.15, 0.2) is 0 Å². The summed E-state index contributed by atoms with van der Waals surface area (Å²) >= 11 is 0. The molecule has 0 aromatic heterocycles. The minimum Gasteiger partial charge on any atom is -0.465 e. The number of carbonyl (C=O) groups is 1. The summed E-state index contributed by atoms with van der Waals surface area (Å²) in [5.41, 5.74) is -0.937. The normalized spacial score (nSPS) is 20.2. The number of carbonyl (C=O) groups excluding carboxylic acids is 1. The van der Waals surface area contributed by atoms with Gasteiger partial charge in [-0.15, -0.1) is 0 Å². The molecule has 0 amide bonds. The van der Waals surface area contributed by atoms with E-state index in [-0.39, 0.29) is 24.3 Å². The number of hydrogen-bond donors (Lipinski definition) is 0. The van der Waals surface area contributed by atoms with Gasteiger partial charge >= 0.3 is 13.1 Å². The summed E-state index contributed by atoms with van der Waals surface area (Å²) in [5.74, 6) is -0.131.